The Hall–Kier alpha value is -1.64. The molecule has 98 valence electrons. The summed E-state index contributed by atoms with van der Waals surface area (Å²) in [5.74, 6) is 2.87. The van der Waals surface area contributed by atoms with E-state index in [1.807, 2.05) is 18.2 Å². The Kier molecular flexibility index (Phi) is 2.47. The number of benzene rings is 1. The molecule has 0 radical (unpaired) electrons. The molecule has 0 aromatic heterocycles. The monoisotopic (exact) mass is 255 g/mol. The first-order valence-corrected chi connectivity index (χ1v) is 7.16. The normalized spacial score (nSPS) is 36.9. The van der Waals surface area contributed by atoms with Crippen molar-refractivity contribution in [2.45, 2.75) is 25.7 Å². The highest BCUT2D eigenvalue weighted by atomic mass is 16.7. The summed E-state index contributed by atoms with van der Waals surface area (Å²) in [4.78, 5) is 16.9. The lowest BCUT2D eigenvalue weighted by Gasteiger charge is -2.40. The fourth-order valence-electron chi connectivity index (χ4n) is 4.27. The number of fused-ring (bicyclic) bond motifs is 5. The summed E-state index contributed by atoms with van der Waals surface area (Å²) in [7, 11) is 0. The Balaban J connectivity index is 1.43. The van der Waals surface area contributed by atoms with E-state index in [4.69, 9.17) is 4.84 Å². The quantitative estimate of drug-likeness (QED) is 0.601. The van der Waals surface area contributed by atoms with E-state index < -0.39 is 0 Å². The minimum absolute atomic E-state index is 0.347. The van der Waals surface area contributed by atoms with Crippen molar-refractivity contribution in [1.29, 1.82) is 0 Å². The van der Waals surface area contributed by atoms with Crippen molar-refractivity contribution in [3.63, 3.8) is 0 Å². The molecule has 3 saturated carbocycles. The zero-order valence-corrected chi connectivity index (χ0v) is 10.8. The van der Waals surface area contributed by atoms with Crippen molar-refractivity contribution >= 4 is 11.7 Å². The molecule has 4 rings (SSSR count). The van der Waals surface area contributed by atoms with Gasteiger partial charge < -0.3 is 4.84 Å². The number of oxime groups is 1. The van der Waals surface area contributed by atoms with Gasteiger partial charge in [0.2, 0.25) is 0 Å². The van der Waals surface area contributed by atoms with E-state index in [2.05, 4.69) is 5.16 Å². The Morgan fingerprint density at radius 3 is 2.74 bits per heavy atom. The second-order valence-electron chi connectivity index (χ2n) is 6.05. The van der Waals surface area contributed by atoms with E-state index in [9.17, 15) is 4.79 Å². The first-order chi connectivity index (χ1) is 9.33. The maximum Gasteiger partial charge on any atom is 0.365 e. The molecule has 3 aliphatic rings. The second kappa shape index (κ2) is 4.19. The molecule has 19 heavy (non-hydrogen) atoms. The highest BCUT2D eigenvalue weighted by Gasteiger charge is 2.56. The van der Waals surface area contributed by atoms with Gasteiger partial charge in [0, 0.05) is 5.92 Å². The van der Waals surface area contributed by atoms with Crippen LogP contribution in [0.25, 0.3) is 0 Å². The molecule has 3 aliphatic carbocycles. The lowest BCUT2D eigenvalue weighted by molar-refractivity contribution is 0.0501. The molecule has 0 amide bonds. The molecule has 3 heteroatoms. The predicted molar refractivity (Wildman–Crippen MR) is 71.7 cm³/mol. The first-order valence-electron chi connectivity index (χ1n) is 7.16. The van der Waals surface area contributed by atoms with Gasteiger partial charge in [-0.15, -0.1) is 0 Å². The predicted octanol–water partition coefficient (Wildman–Crippen LogP) is 3.27. The average molecular weight is 255 g/mol. The minimum atomic E-state index is -0.347. The third-order valence-electron chi connectivity index (χ3n) is 5.17. The zero-order chi connectivity index (χ0) is 12.8. The summed E-state index contributed by atoms with van der Waals surface area (Å²) in [6.07, 6.45) is 5.18. The van der Waals surface area contributed by atoms with E-state index in [0.29, 0.717) is 11.5 Å². The number of carbonyl (C=O) groups is 1. The van der Waals surface area contributed by atoms with Gasteiger partial charge in [-0.25, -0.2) is 4.79 Å². The molecule has 1 aromatic carbocycles. The summed E-state index contributed by atoms with van der Waals surface area (Å²) in [5.41, 5.74) is 1.69. The lowest BCUT2D eigenvalue weighted by atomic mass is 9.64. The Morgan fingerprint density at radius 1 is 1.16 bits per heavy atom. The van der Waals surface area contributed by atoms with Crippen LogP contribution in [0.2, 0.25) is 0 Å². The highest BCUT2D eigenvalue weighted by Crippen LogP contribution is 2.59. The molecule has 0 aliphatic heterocycles. The molecular formula is C16H17NO2. The van der Waals surface area contributed by atoms with E-state index in [-0.39, 0.29) is 5.97 Å². The lowest BCUT2D eigenvalue weighted by Crippen LogP contribution is -2.41. The van der Waals surface area contributed by atoms with E-state index in [0.717, 1.165) is 29.9 Å². The highest BCUT2D eigenvalue weighted by molar-refractivity contribution is 5.95. The third kappa shape index (κ3) is 1.71. The Labute approximate surface area is 112 Å². The number of hydrogen-bond acceptors (Lipinski definition) is 3. The summed E-state index contributed by atoms with van der Waals surface area (Å²) in [6.45, 7) is 0. The van der Waals surface area contributed by atoms with Crippen LogP contribution in [0.3, 0.4) is 0 Å². The minimum Gasteiger partial charge on any atom is -0.313 e. The van der Waals surface area contributed by atoms with Crippen molar-refractivity contribution in [3.05, 3.63) is 35.9 Å². The largest absolute Gasteiger partial charge is 0.365 e. The van der Waals surface area contributed by atoms with E-state index in [1.165, 1.54) is 19.3 Å². The van der Waals surface area contributed by atoms with Crippen molar-refractivity contribution in [2.75, 3.05) is 0 Å². The van der Waals surface area contributed by atoms with Gasteiger partial charge in [-0.05, 0) is 55.6 Å². The van der Waals surface area contributed by atoms with Gasteiger partial charge in [0.1, 0.15) is 0 Å². The van der Waals surface area contributed by atoms with Gasteiger partial charge in [-0.2, -0.15) is 0 Å². The standard InChI is InChI=1S/C16H17NO2/c18-16(10-4-2-1-3-5-10)19-17-14-9-13-11-6-7-12(8-11)15(13)14/h1-5,11-13,15H,6-9H2/b17-14+/t11-,12+,13?,15?/m1/s1. The Bertz CT molecular complexity index is 535. The molecule has 0 heterocycles. The van der Waals surface area contributed by atoms with Gasteiger partial charge in [0.05, 0.1) is 11.3 Å². The van der Waals surface area contributed by atoms with Crippen LogP contribution in [0.5, 0.6) is 0 Å². The first kappa shape index (κ1) is 11.2. The number of rotatable bonds is 2. The molecule has 0 saturated heterocycles. The van der Waals surface area contributed by atoms with Crippen molar-refractivity contribution in [3.8, 4) is 0 Å². The van der Waals surface area contributed by atoms with Gasteiger partial charge >= 0.3 is 5.97 Å². The molecule has 2 bridgehead atoms. The van der Waals surface area contributed by atoms with Crippen LogP contribution >= 0.6 is 0 Å². The Morgan fingerprint density at radius 2 is 1.95 bits per heavy atom. The van der Waals surface area contributed by atoms with Crippen molar-refractivity contribution in [2.24, 2.45) is 28.8 Å². The van der Waals surface area contributed by atoms with Gasteiger partial charge in [0.15, 0.2) is 0 Å². The maximum absolute atomic E-state index is 11.8. The maximum atomic E-state index is 11.8. The van der Waals surface area contributed by atoms with Gasteiger partial charge in [-0.3, -0.25) is 0 Å². The summed E-state index contributed by atoms with van der Waals surface area (Å²) in [5, 5.41) is 4.13. The molecular weight excluding hydrogens is 238 g/mol. The van der Waals surface area contributed by atoms with Crippen LogP contribution in [-0.4, -0.2) is 11.7 Å². The topological polar surface area (TPSA) is 38.7 Å². The SMILES string of the molecule is O=C(O/N=C1\CC2C1[C@H]1CC[C@@H]2C1)c1ccccc1. The zero-order valence-electron chi connectivity index (χ0n) is 10.8. The summed E-state index contributed by atoms with van der Waals surface area (Å²) >= 11 is 0. The molecule has 1 aromatic rings. The number of hydrogen-bond donors (Lipinski definition) is 0. The van der Waals surface area contributed by atoms with Gasteiger partial charge in [-0.1, -0.05) is 23.4 Å². The van der Waals surface area contributed by atoms with Gasteiger partial charge in [0.25, 0.3) is 0 Å². The van der Waals surface area contributed by atoms with Crippen LogP contribution in [0.4, 0.5) is 0 Å². The third-order valence-corrected chi connectivity index (χ3v) is 5.17. The van der Waals surface area contributed by atoms with Crippen LogP contribution in [-0.2, 0) is 4.84 Å². The molecule has 3 fully saturated rings. The number of carbonyl (C=O) groups excluding carboxylic acids is 1. The van der Waals surface area contributed by atoms with Crippen molar-refractivity contribution in [1.82, 2.24) is 0 Å². The molecule has 4 atom stereocenters. The molecule has 0 N–H and O–H groups in total. The smallest absolute Gasteiger partial charge is 0.313 e. The summed E-state index contributed by atoms with van der Waals surface area (Å²) < 4.78 is 0. The van der Waals surface area contributed by atoms with E-state index >= 15 is 0 Å². The second-order valence-corrected chi connectivity index (χ2v) is 6.05. The summed E-state index contributed by atoms with van der Waals surface area (Å²) in [6, 6.07) is 9.06. The van der Waals surface area contributed by atoms with E-state index in [1.54, 1.807) is 12.1 Å². The molecule has 3 nitrogen and oxygen atoms in total. The van der Waals surface area contributed by atoms with Crippen LogP contribution in [0.15, 0.2) is 35.5 Å². The average Bonchev–Trinajstić information content (AvgIpc) is 2.96. The van der Waals surface area contributed by atoms with Crippen LogP contribution < -0.4 is 0 Å². The van der Waals surface area contributed by atoms with Crippen LogP contribution in [0.1, 0.15) is 36.0 Å². The molecule has 0 spiro atoms. The van der Waals surface area contributed by atoms with Crippen LogP contribution in [0, 0.1) is 23.7 Å². The van der Waals surface area contributed by atoms with Crippen molar-refractivity contribution < 1.29 is 9.63 Å². The fourth-order valence-corrected chi connectivity index (χ4v) is 4.27. The number of nitrogens with zero attached hydrogens (tertiary/aromatic N) is 1. The molecule has 2 unspecified atom stereocenters. The fraction of sp³-hybridized carbons (Fsp3) is 0.500.